The van der Waals surface area contributed by atoms with Crippen LogP contribution in [0.5, 0.6) is 0 Å². The highest BCUT2D eigenvalue weighted by Crippen LogP contribution is 2.35. The van der Waals surface area contributed by atoms with Crippen molar-refractivity contribution in [3.8, 4) is 6.07 Å². The van der Waals surface area contributed by atoms with Gasteiger partial charge >= 0.3 is 0 Å². The van der Waals surface area contributed by atoms with Gasteiger partial charge in [0.1, 0.15) is 5.41 Å². The molecular weight excluding hydrogens is 236 g/mol. The van der Waals surface area contributed by atoms with Crippen LogP contribution in [0.2, 0.25) is 0 Å². The second-order valence-corrected chi connectivity index (χ2v) is 6.41. The second-order valence-electron chi connectivity index (χ2n) is 6.41. The van der Waals surface area contributed by atoms with Crippen LogP contribution in [0.1, 0.15) is 71.1 Å². The number of nitrogens with one attached hydrogen (secondary N) is 1. The van der Waals surface area contributed by atoms with E-state index in [1.54, 1.807) is 0 Å². The Hall–Kier alpha value is -1.04. The molecule has 0 aliphatic heterocycles. The van der Waals surface area contributed by atoms with Gasteiger partial charge < -0.3 is 5.32 Å². The molecule has 1 unspecified atom stereocenters. The maximum Gasteiger partial charge on any atom is 0.240 e. The molecule has 0 heterocycles. The van der Waals surface area contributed by atoms with Crippen LogP contribution in [0.4, 0.5) is 0 Å². The van der Waals surface area contributed by atoms with Gasteiger partial charge in [-0.2, -0.15) is 5.26 Å². The molecule has 1 atom stereocenters. The minimum Gasteiger partial charge on any atom is -0.352 e. The van der Waals surface area contributed by atoms with Gasteiger partial charge in [-0.05, 0) is 38.5 Å². The van der Waals surface area contributed by atoms with E-state index in [0.717, 1.165) is 38.5 Å². The number of hydrogen-bond donors (Lipinski definition) is 1. The number of nitrogens with zero attached hydrogens (tertiary/aromatic N) is 1. The van der Waals surface area contributed by atoms with Crippen LogP contribution in [0.15, 0.2) is 0 Å². The highest BCUT2D eigenvalue weighted by molar-refractivity contribution is 5.85. The second kappa shape index (κ2) is 6.41. The molecule has 1 amide bonds. The molecule has 0 aromatic carbocycles. The normalized spacial score (nSPS) is 25.3. The van der Waals surface area contributed by atoms with E-state index < -0.39 is 5.41 Å². The van der Waals surface area contributed by atoms with Crippen LogP contribution in [0, 0.1) is 22.7 Å². The minimum absolute atomic E-state index is 0.00343. The lowest BCUT2D eigenvalue weighted by Crippen LogP contribution is -2.46. The van der Waals surface area contributed by atoms with Crippen molar-refractivity contribution in [2.75, 3.05) is 0 Å². The lowest BCUT2D eigenvalue weighted by atomic mass is 9.80. The van der Waals surface area contributed by atoms with E-state index in [2.05, 4.69) is 18.3 Å². The summed E-state index contributed by atoms with van der Waals surface area (Å²) in [5, 5.41) is 12.7. The van der Waals surface area contributed by atoms with Crippen molar-refractivity contribution in [1.82, 2.24) is 5.32 Å². The van der Waals surface area contributed by atoms with Crippen LogP contribution in [-0.2, 0) is 4.79 Å². The molecule has 2 aliphatic rings. The van der Waals surface area contributed by atoms with E-state index in [4.69, 9.17) is 0 Å². The Morgan fingerprint density at radius 2 is 1.74 bits per heavy atom. The molecule has 3 nitrogen and oxygen atoms in total. The monoisotopic (exact) mass is 262 g/mol. The number of carbonyl (C=O) groups excluding carboxylic acids is 1. The molecule has 0 bridgehead atoms. The number of rotatable bonds is 3. The standard InChI is InChI=1S/C16H26N2O/c1-13(14-8-4-5-9-14)18-15(19)16(12-17)10-6-2-3-7-11-16/h13-14H,2-11H2,1H3,(H,18,19). The summed E-state index contributed by atoms with van der Waals surface area (Å²) >= 11 is 0. The molecule has 0 saturated heterocycles. The molecule has 0 radical (unpaired) electrons. The maximum atomic E-state index is 12.5. The first kappa shape index (κ1) is 14.4. The molecule has 0 aromatic heterocycles. The molecule has 0 spiro atoms. The zero-order chi connectivity index (χ0) is 13.7. The van der Waals surface area contributed by atoms with Gasteiger partial charge in [-0.25, -0.2) is 0 Å². The number of carbonyl (C=O) groups is 1. The first-order chi connectivity index (χ1) is 9.18. The molecule has 106 valence electrons. The Kier molecular flexibility index (Phi) is 4.85. The molecule has 2 fully saturated rings. The molecule has 19 heavy (non-hydrogen) atoms. The van der Waals surface area contributed by atoms with Gasteiger partial charge in [-0.3, -0.25) is 4.79 Å². The van der Waals surface area contributed by atoms with E-state index in [9.17, 15) is 10.1 Å². The minimum atomic E-state index is -0.747. The number of hydrogen-bond acceptors (Lipinski definition) is 2. The fourth-order valence-electron chi connectivity index (χ4n) is 3.64. The van der Waals surface area contributed by atoms with Gasteiger partial charge in [-0.15, -0.1) is 0 Å². The highest BCUT2D eigenvalue weighted by Gasteiger charge is 2.40. The smallest absolute Gasteiger partial charge is 0.240 e. The fraction of sp³-hybridized carbons (Fsp3) is 0.875. The first-order valence-corrected chi connectivity index (χ1v) is 7.90. The fourth-order valence-corrected chi connectivity index (χ4v) is 3.64. The van der Waals surface area contributed by atoms with Gasteiger partial charge in [0.25, 0.3) is 0 Å². The van der Waals surface area contributed by atoms with Crippen molar-refractivity contribution in [2.24, 2.45) is 11.3 Å². The Balaban J connectivity index is 1.97. The zero-order valence-corrected chi connectivity index (χ0v) is 12.1. The van der Waals surface area contributed by atoms with Crippen LogP contribution < -0.4 is 5.32 Å². The maximum absolute atomic E-state index is 12.5. The van der Waals surface area contributed by atoms with Gasteiger partial charge in [-0.1, -0.05) is 38.5 Å². The van der Waals surface area contributed by atoms with Gasteiger partial charge in [0.05, 0.1) is 6.07 Å². The van der Waals surface area contributed by atoms with Crippen molar-refractivity contribution in [1.29, 1.82) is 5.26 Å². The van der Waals surface area contributed by atoms with Gasteiger partial charge in [0.15, 0.2) is 0 Å². The van der Waals surface area contributed by atoms with Gasteiger partial charge in [0, 0.05) is 6.04 Å². The third-order valence-corrected chi connectivity index (χ3v) is 5.07. The van der Waals surface area contributed by atoms with Crippen LogP contribution in [0.3, 0.4) is 0 Å². The predicted molar refractivity (Wildman–Crippen MR) is 75.3 cm³/mol. The molecule has 2 rings (SSSR count). The predicted octanol–water partition coefficient (Wildman–Crippen LogP) is 3.55. The summed E-state index contributed by atoms with van der Waals surface area (Å²) in [7, 11) is 0. The third-order valence-electron chi connectivity index (χ3n) is 5.07. The molecular formula is C16H26N2O. The van der Waals surface area contributed by atoms with E-state index in [1.807, 2.05) is 0 Å². The Labute approximate surface area is 116 Å². The molecule has 3 heteroatoms. The van der Waals surface area contributed by atoms with Crippen molar-refractivity contribution < 1.29 is 4.79 Å². The van der Waals surface area contributed by atoms with E-state index in [1.165, 1.54) is 25.7 Å². The van der Waals surface area contributed by atoms with Crippen molar-refractivity contribution in [3.05, 3.63) is 0 Å². The van der Waals surface area contributed by atoms with E-state index in [-0.39, 0.29) is 11.9 Å². The van der Waals surface area contributed by atoms with Crippen molar-refractivity contribution in [2.45, 2.75) is 77.2 Å². The summed E-state index contributed by atoms with van der Waals surface area (Å²) in [5.41, 5.74) is -0.747. The molecule has 0 aromatic rings. The van der Waals surface area contributed by atoms with E-state index in [0.29, 0.717) is 5.92 Å². The summed E-state index contributed by atoms with van der Waals surface area (Å²) in [4.78, 5) is 12.5. The van der Waals surface area contributed by atoms with E-state index >= 15 is 0 Å². The van der Waals surface area contributed by atoms with Crippen LogP contribution in [0.25, 0.3) is 0 Å². The average molecular weight is 262 g/mol. The zero-order valence-electron chi connectivity index (χ0n) is 12.1. The average Bonchev–Trinajstić information content (AvgIpc) is 2.84. The summed E-state index contributed by atoms with van der Waals surface area (Å²) in [5.74, 6) is 0.613. The summed E-state index contributed by atoms with van der Waals surface area (Å²) in [6.45, 7) is 2.11. The first-order valence-electron chi connectivity index (χ1n) is 7.90. The Bertz CT molecular complexity index is 344. The van der Waals surface area contributed by atoms with Crippen molar-refractivity contribution in [3.63, 3.8) is 0 Å². The quantitative estimate of drug-likeness (QED) is 0.791. The topological polar surface area (TPSA) is 52.9 Å². The SMILES string of the molecule is CC(NC(=O)C1(C#N)CCCCCC1)C1CCCC1. The molecule has 1 N–H and O–H groups in total. The Morgan fingerprint density at radius 3 is 2.26 bits per heavy atom. The number of amides is 1. The summed E-state index contributed by atoms with van der Waals surface area (Å²) in [6.07, 6.45) is 10.9. The molecule has 2 aliphatic carbocycles. The highest BCUT2D eigenvalue weighted by atomic mass is 16.2. The van der Waals surface area contributed by atoms with Crippen LogP contribution in [-0.4, -0.2) is 11.9 Å². The lowest BCUT2D eigenvalue weighted by Gasteiger charge is -2.28. The third kappa shape index (κ3) is 3.29. The Morgan fingerprint density at radius 1 is 1.16 bits per heavy atom. The van der Waals surface area contributed by atoms with Crippen molar-refractivity contribution >= 4 is 5.91 Å². The number of nitriles is 1. The van der Waals surface area contributed by atoms with Gasteiger partial charge in [0.2, 0.25) is 5.91 Å². The summed E-state index contributed by atoms with van der Waals surface area (Å²) < 4.78 is 0. The summed E-state index contributed by atoms with van der Waals surface area (Å²) in [6, 6.07) is 2.57. The molecule has 2 saturated carbocycles. The lowest BCUT2D eigenvalue weighted by molar-refractivity contribution is -0.129. The van der Waals surface area contributed by atoms with Crippen LogP contribution >= 0.6 is 0 Å². The largest absolute Gasteiger partial charge is 0.352 e.